The van der Waals surface area contributed by atoms with E-state index in [0.717, 1.165) is 6.20 Å². The fourth-order valence-corrected chi connectivity index (χ4v) is 2.36. The SMILES string of the molecule is CC(C(N)=O)C(NS(=O)C(C)(C)C)c1ccc(F)cn1. The second kappa shape index (κ2) is 6.41. The van der Waals surface area contributed by atoms with E-state index in [1.807, 2.05) is 0 Å². The van der Waals surface area contributed by atoms with Gasteiger partial charge in [-0.05, 0) is 32.9 Å². The number of pyridine rings is 1. The van der Waals surface area contributed by atoms with Crippen LogP contribution in [0.4, 0.5) is 4.39 Å². The second-order valence-corrected chi connectivity index (χ2v) is 7.57. The molecule has 0 aliphatic rings. The van der Waals surface area contributed by atoms with Crippen molar-refractivity contribution in [1.82, 2.24) is 9.71 Å². The van der Waals surface area contributed by atoms with Gasteiger partial charge in [-0.15, -0.1) is 0 Å². The predicted molar refractivity (Wildman–Crippen MR) is 76.3 cm³/mol. The number of aromatic nitrogens is 1. The molecule has 1 rings (SSSR count). The van der Waals surface area contributed by atoms with E-state index in [-0.39, 0.29) is 0 Å². The van der Waals surface area contributed by atoms with E-state index in [9.17, 15) is 13.4 Å². The summed E-state index contributed by atoms with van der Waals surface area (Å²) in [5.41, 5.74) is 5.74. The first-order chi connectivity index (χ1) is 9.12. The van der Waals surface area contributed by atoms with Crippen molar-refractivity contribution < 1.29 is 13.4 Å². The third kappa shape index (κ3) is 4.35. The smallest absolute Gasteiger partial charge is 0.222 e. The summed E-state index contributed by atoms with van der Waals surface area (Å²) in [6.45, 7) is 7.03. The highest BCUT2D eigenvalue weighted by Crippen LogP contribution is 2.23. The molecule has 0 radical (unpaired) electrons. The minimum absolute atomic E-state index is 0.426. The third-order valence-corrected chi connectivity index (χ3v) is 4.39. The van der Waals surface area contributed by atoms with Crippen LogP contribution >= 0.6 is 0 Å². The molecule has 7 heteroatoms. The number of halogens is 1. The Morgan fingerprint density at radius 1 is 1.45 bits per heavy atom. The van der Waals surface area contributed by atoms with Gasteiger partial charge >= 0.3 is 0 Å². The Kier molecular flexibility index (Phi) is 5.35. The molecule has 3 unspecified atom stereocenters. The van der Waals surface area contributed by atoms with Gasteiger partial charge in [0.2, 0.25) is 5.91 Å². The van der Waals surface area contributed by atoms with Gasteiger partial charge in [0, 0.05) is 0 Å². The topological polar surface area (TPSA) is 85.1 Å². The number of rotatable bonds is 5. The average molecular weight is 301 g/mol. The summed E-state index contributed by atoms with van der Waals surface area (Å²) in [5, 5.41) is 0. The van der Waals surface area contributed by atoms with Crippen LogP contribution in [-0.2, 0) is 15.8 Å². The molecule has 5 nitrogen and oxygen atoms in total. The summed E-state index contributed by atoms with van der Waals surface area (Å²) in [5.74, 6) is -1.64. The molecule has 0 bridgehead atoms. The van der Waals surface area contributed by atoms with Crippen LogP contribution in [0.1, 0.15) is 39.4 Å². The number of nitrogens with one attached hydrogen (secondary N) is 1. The molecule has 112 valence electrons. The number of hydrogen-bond donors (Lipinski definition) is 2. The predicted octanol–water partition coefficient (Wildman–Crippen LogP) is 1.43. The molecule has 0 aliphatic carbocycles. The summed E-state index contributed by atoms with van der Waals surface area (Å²) >= 11 is 0. The lowest BCUT2D eigenvalue weighted by Crippen LogP contribution is -2.41. The normalized spacial score (nSPS) is 16.4. The zero-order valence-corrected chi connectivity index (χ0v) is 12.8. The maximum Gasteiger partial charge on any atom is 0.222 e. The molecule has 0 spiro atoms. The van der Waals surface area contributed by atoms with Gasteiger partial charge < -0.3 is 5.73 Å². The Morgan fingerprint density at radius 3 is 2.45 bits per heavy atom. The maximum atomic E-state index is 12.9. The van der Waals surface area contributed by atoms with Crippen LogP contribution in [0.3, 0.4) is 0 Å². The first-order valence-corrected chi connectivity index (χ1v) is 7.36. The van der Waals surface area contributed by atoms with Crippen LogP contribution in [0.25, 0.3) is 0 Å². The van der Waals surface area contributed by atoms with Crippen molar-refractivity contribution in [3.63, 3.8) is 0 Å². The van der Waals surface area contributed by atoms with Crippen molar-refractivity contribution in [3.05, 3.63) is 29.8 Å². The van der Waals surface area contributed by atoms with Crippen LogP contribution in [0.15, 0.2) is 18.3 Å². The lowest BCUT2D eigenvalue weighted by molar-refractivity contribution is -0.122. The highest BCUT2D eigenvalue weighted by Gasteiger charge is 2.30. The molecule has 3 N–H and O–H groups in total. The van der Waals surface area contributed by atoms with Crippen molar-refractivity contribution in [3.8, 4) is 0 Å². The van der Waals surface area contributed by atoms with Gasteiger partial charge in [-0.3, -0.25) is 9.78 Å². The summed E-state index contributed by atoms with van der Waals surface area (Å²) in [7, 11) is -1.40. The van der Waals surface area contributed by atoms with Crippen molar-refractivity contribution in [2.45, 2.75) is 38.5 Å². The Balaban J connectivity index is 3.06. The molecule has 0 aromatic carbocycles. The zero-order valence-electron chi connectivity index (χ0n) is 12.0. The standard InChI is InChI=1S/C13H20FN3O2S/c1-8(12(15)18)11(17-20(19)13(2,3)4)10-6-5-9(14)7-16-10/h5-8,11,17H,1-4H3,(H2,15,18). The minimum Gasteiger partial charge on any atom is -0.369 e. The molecule has 1 aromatic heterocycles. The van der Waals surface area contributed by atoms with Gasteiger partial charge in [0.05, 0.1) is 39.6 Å². The quantitative estimate of drug-likeness (QED) is 0.863. The number of carbonyl (C=O) groups excluding carboxylic acids is 1. The van der Waals surface area contributed by atoms with E-state index >= 15 is 0 Å². The fourth-order valence-electron chi connectivity index (χ4n) is 1.45. The van der Waals surface area contributed by atoms with Crippen molar-refractivity contribution in [2.24, 2.45) is 11.7 Å². The second-order valence-electron chi connectivity index (χ2n) is 5.57. The molecule has 1 aromatic rings. The van der Waals surface area contributed by atoms with Crippen LogP contribution in [0, 0.1) is 11.7 Å². The first-order valence-electron chi connectivity index (χ1n) is 6.21. The van der Waals surface area contributed by atoms with E-state index in [0.29, 0.717) is 5.69 Å². The van der Waals surface area contributed by atoms with Gasteiger partial charge in [-0.2, -0.15) is 0 Å². The number of carbonyl (C=O) groups is 1. The van der Waals surface area contributed by atoms with Gasteiger partial charge in [0.15, 0.2) is 0 Å². The molecular weight excluding hydrogens is 281 g/mol. The van der Waals surface area contributed by atoms with Crippen LogP contribution in [0.5, 0.6) is 0 Å². The lowest BCUT2D eigenvalue weighted by Gasteiger charge is -2.26. The number of primary amides is 1. The van der Waals surface area contributed by atoms with Gasteiger partial charge in [-0.1, -0.05) is 6.92 Å². The minimum atomic E-state index is -1.40. The Hall–Kier alpha value is -1.34. The molecule has 0 saturated heterocycles. The molecule has 1 amide bonds. The summed E-state index contributed by atoms with van der Waals surface area (Å²) in [6.07, 6.45) is 1.05. The summed E-state index contributed by atoms with van der Waals surface area (Å²) in [4.78, 5) is 15.3. The fraction of sp³-hybridized carbons (Fsp3) is 0.538. The monoisotopic (exact) mass is 301 g/mol. The molecular formula is C13H20FN3O2S. The highest BCUT2D eigenvalue weighted by atomic mass is 32.2. The van der Waals surface area contributed by atoms with Crippen LogP contribution in [-0.4, -0.2) is 19.8 Å². The summed E-state index contributed by atoms with van der Waals surface area (Å²) in [6, 6.07) is 2.06. The number of amides is 1. The molecule has 0 fully saturated rings. The van der Waals surface area contributed by atoms with E-state index in [1.54, 1.807) is 27.7 Å². The molecule has 0 saturated carbocycles. The third-order valence-electron chi connectivity index (χ3n) is 2.81. The Labute approximate surface area is 120 Å². The van der Waals surface area contributed by atoms with Gasteiger partial charge in [-0.25, -0.2) is 13.3 Å². The Bertz CT molecular complexity index is 499. The average Bonchev–Trinajstić information content (AvgIpc) is 2.34. The number of hydrogen-bond acceptors (Lipinski definition) is 3. The number of nitrogens with two attached hydrogens (primary N) is 1. The lowest BCUT2D eigenvalue weighted by atomic mass is 9.99. The first kappa shape index (κ1) is 16.7. The zero-order chi connectivity index (χ0) is 15.5. The maximum absolute atomic E-state index is 12.9. The highest BCUT2D eigenvalue weighted by molar-refractivity contribution is 7.84. The van der Waals surface area contributed by atoms with Crippen molar-refractivity contribution >= 4 is 16.9 Å². The van der Waals surface area contributed by atoms with Gasteiger partial charge in [0.25, 0.3) is 0 Å². The van der Waals surface area contributed by atoms with E-state index < -0.39 is 39.4 Å². The van der Waals surface area contributed by atoms with E-state index in [4.69, 9.17) is 5.73 Å². The Morgan fingerprint density at radius 2 is 2.05 bits per heavy atom. The summed E-state index contributed by atoms with van der Waals surface area (Å²) < 4.78 is 27.5. The molecule has 20 heavy (non-hydrogen) atoms. The van der Waals surface area contributed by atoms with E-state index in [2.05, 4.69) is 9.71 Å². The molecule has 1 heterocycles. The van der Waals surface area contributed by atoms with Crippen molar-refractivity contribution in [1.29, 1.82) is 0 Å². The van der Waals surface area contributed by atoms with Crippen LogP contribution < -0.4 is 10.5 Å². The van der Waals surface area contributed by atoms with E-state index in [1.165, 1.54) is 12.1 Å². The largest absolute Gasteiger partial charge is 0.369 e. The van der Waals surface area contributed by atoms with Crippen LogP contribution in [0.2, 0.25) is 0 Å². The number of nitrogens with zero attached hydrogens (tertiary/aromatic N) is 1. The molecule has 3 atom stereocenters. The van der Waals surface area contributed by atoms with Crippen molar-refractivity contribution in [2.75, 3.05) is 0 Å². The van der Waals surface area contributed by atoms with Gasteiger partial charge in [0.1, 0.15) is 5.82 Å². The molecule has 0 aliphatic heterocycles.